The fourth-order valence-corrected chi connectivity index (χ4v) is 3.45. The molecule has 1 N–H and O–H groups in total. The van der Waals surface area contributed by atoms with Gasteiger partial charge in [0.05, 0.1) is 23.1 Å². The Hall–Kier alpha value is -2.23. The average molecular weight is 383 g/mol. The van der Waals surface area contributed by atoms with Gasteiger partial charge in [-0.15, -0.1) is 0 Å². The lowest BCUT2D eigenvalue weighted by Gasteiger charge is -2.10. The average Bonchev–Trinajstić information content (AvgIpc) is 2.71. The fraction of sp³-hybridized carbons (Fsp3) is 0.542. The van der Waals surface area contributed by atoms with Gasteiger partial charge in [-0.05, 0) is 43.4 Å². The summed E-state index contributed by atoms with van der Waals surface area (Å²) in [4.78, 5) is 20.7. The molecule has 1 aromatic heterocycles. The molecule has 152 valence electrons. The van der Waals surface area contributed by atoms with Gasteiger partial charge in [0.15, 0.2) is 0 Å². The molecule has 28 heavy (non-hydrogen) atoms. The van der Waals surface area contributed by atoms with E-state index in [-0.39, 0.29) is 0 Å². The molecule has 2 aromatic rings. The molecule has 0 aliphatic rings. The Morgan fingerprint density at radius 2 is 1.54 bits per heavy atom. The lowest BCUT2D eigenvalue weighted by molar-refractivity contribution is 0.0695. The molecule has 1 heterocycles. The van der Waals surface area contributed by atoms with Crippen LogP contribution in [0.4, 0.5) is 0 Å². The van der Waals surface area contributed by atoms with Crippen LogP contribution in [0.3, 0.4) is 0 Å². The van der Waals surface area contributed by atoms with Crippen LogP contribution >= 0.6 is 0 Å². The molecule has 0 saturated carbocycles. The molecular weight excluding hydrogens is 348 g/mol. The summed E-state index contributed by atoms with van der Waals surface area (Å²) in [7, 11) is 0. The third kappa shape index (κ3) is 7.06. The van der Waals surface area contributed by atoms with Gasteiger partial charge in [0, 0.05) is 11.8 Å². The Morgan fingerprint density at radius 3 is 2.21 bits per heavy atom. The Balaban J connectivity index is 2.05. The van der Waals surface area contributed by atoms with Crippen molar-refractivity contribution in [3.8, 4) is 11.3 Å². The number of carbonyl (C=O) groups is 1. The highest BCUT2D eigenvalue weighted by molar-refractivity contribution is 5.90. The Bertz CT molecular complexity index is 726. The molecule has 0 atom stereocenters. The van der Waals surface area contributed by atoms with Crippen LogP contribution in [0.5, 0.6) is 0 Å². The number of benzene rings is 1. The predicted molar refractivity (Wildman–Crippen MR) is 115 cm³/mol. The van der Waals surface area contributed by atoms with Crippen LogP contribution in [-0.2, 0) is 12.8 Å². The van der Waals surface area contributed by atoms with Crippen LogP contribution in [0.1, 0.15) is 93.3 Å². The lowest BCUT2D eigenvalue weighted by atomic mass is 9.97. The first-order valence-electron chi connectivity index (χ1n) is 10.8. The minimum Gasteiger partial charge on any atom is -0.478 e. The van der Waals surface area contributed by atoms with E-state index in [1.54, 1.807) is 6.07 Å². The minimum absolute atomic E-state index is 0.404. The van der Waals surface area contributed by atoms with Gasteiger partial charge in [0.2, 0.25) is 0 Å². The first-order valence-corrected chi connectivity index (χ1v) is 10.8. The molecule has 4 heteroatoms. The summed E-state index contributed by atoms with van der Waals surface area (Å²) >= 11 is 0. The Labute approximate surface area is 169 Å². The number of nitrogens with zero attached hydrogens (tertiary/aromatic N) is 2. The van der Waals surface area contributed by atoms with E-state index in [9.17, 15) is 9.90 Å². The van der Waals surface area contributed by atoms with Gasteiger partial charge in [-0.1, -0.05) is 64.9 Å². The molecule has 0 spiro atoms. The van der Waals surface area contributed by atoms with Gasteiger partial charge < -0.3 is 5.11 Å². The zero-order chi connectivity index (χ0) is 20.2. The normalized spacial score (nSPS) is 10.9. The maximum Gasteiger partial charge on any atom is 0.335 e. The first-order chi connectivity index (χ1) is 13.7. The van der Waals surface area contributed by atoms with E-state index in [2.05, 4.69) is 23.8 Å². The smallest absolute Gasteiger partial charge is 0.335 e. The summed E-state index contributed by atoms with van der Waals surface area (Å²) in [6.07, 6.45) is 16.1. The van der Waals surface area contributed by atoms with Crippen LogP contribution in [0.2, 0.25) is 0 Å². The molecule has 1 aromatic carbocycles. The van der Waals surface area contributed by atoms with Crippen molar-refractivity contribution in [1.82, 2.24) is 9.97 Å². The topological polar surface area (TPSA) is 63.1 Å². The van der Waals surface area contributed by atoms with Crippen molar-refractivity contribution in [3.05, 3.63) is 47.4 Å². The molecule has 0 aliphatic heterocycles. The quantitative estimate of drug-likeness (QED) is 0.403. The summed E-state index contributed by atoms with van der Waals surface area (Å²) in [6.45, 7) is 4.41. The third-order valence-electron chi connectivity index (χ3n) is 5.17. The number of hydrogen-bond donors (Lipinski definition) is 1. The number of carboxylic acid groups (broad SMARTS) is 1. The summed E-state index contributed by atoms with van der Waals surface area (Å²) in [5.41, 5.74) is 4.07. The van der Waals surface area contributed by atoms with E-state index in [0.29, 0.717) is 5.56 Å². The second-order valence-corrected chi connectivity index (χ2v) is 7.54. The van der Waals surface area contributed by atoms with Crippen LogP contribution in [-0.4, -0.2) is 21.0 Å². The van der Waals surface area contributed by atoms with Crippen molar-refractivity contribution in [3.63, 3.8) is 0 Å². The Kier molecular flexibility index (Phi) is 9.67. The summed E-state index contributed by atoms with van der Waals surface area (Å²) < 4.78 is 0. The van der Waals surface area contributed by atoms with E-state index in [0.717, 1.165) is 54.6 Å². The van der Waals surface area contributed by atoms with Crippen molar-refractivity contribution in [2.24, 2.45) is 0 Å². The molecule has 0 radical (unpaired) electrons. The van der Waals surface area contributed by atoms with Gasteiger partial charge >= 0.3 is 5.97 Å². The first kappa shape index (κ1) is 22.1. The number of rotatable bonds is 13. The summed E-state index contributed by atoms with van der Waals surface area (Å²) in [5.74, 6) is -0.857. The van der Waals surface area contributed by atoms with Crippen molar-refractivity contribution in [2.75, 3.05) is 0 Å². The van der Waals surface area contributed by atoms with Crippen molar-refractivity contribution < 1.29 is 9.90 Å². The largest absolute Gasteiger partial charge is 0.478 e. The van der Waals surface area contributed by atoms with E-state index in [1.807, 2.05) is 24.5 Å². The van der Waals surface area contributed by atoms with E-state index < -0.39 is 5.97 Å². The monoisotopic (exact) mass is 382 g/mol. The van der Waals surface area contributed by atoms with Crippen molar-refractivity contribution in [2.45, 2.75) is 84.5 Å². The molecule has 0 bridgehead atoms. The maximum atomic E-state index is 11.6. The lowest BCUT2D eigenvalue weighted by Crippen LogP contribution is -2.03. The van der Waals surface area contributed by atoms with Crippen LogP contribution < -0.4 is 0 Å². The second kappa shape index (κ2) is 12.3. The van der Waals surface area contributed by atoms with Gasteiger partial charge in [-0.25, -0.2) is 4.79 Å². The Morgan fingerprint density at radius 1 is 0.857 bits per heavy atom. The molecule has 0 fully saturated rings. The number of hydrogen-bond acceptors (Lipinski definition) is 3. The maximum absolute atomic E-state index is 11.6. The van der Waals surface area contributed by atoms with E-state index >= 15 is 0 Å². The van der Waals surface area contributed by atoms with E-state index in [1.165, 1.54) is 38.5 Å². The molecule has 4 nitrogen and oxygen atoms in total. The zero-order valence-electron chi connectivity index (χ0n) is 17.4. The summed E-state index contributed by atoms with van der Waals surface area (Å²) in [6, 6.07) is 5.53. The van der Waals surface area contributed by atoms with Crippen molar-refractivity contribution in [1.29, 1.82) is 0 Å². The fourth-order valence-electron chi connectivity index (χ4n) is 3.45. The molecule has 0 amide bonds. The van der Waals surface area contributed by atoms with Gasteiger partial charge in [0.25, 0.3) is 0 Å². The standard InChI is InChI=1S/C24H34N2O2/c1-3-5-7-8-9-11-12-19-16-20(14-15-22(19)24(27)28)23-18-25-21(17-26-23)13-10-6-4-2/h14-18H,3-13H2,1-2H3,(H,27,28). The van der Waals surface area contributed by atoms with Gasteiger partial charge in [-0.2, -0.15) is 0 Å². The molecular formula is C24H34N2O2. The second-order valence-electron chi connectivity index (χ2n) is 7.54. The highest BCUT2D eigenvalue weighted by atomic mass is 16.4. The number of aromatic carboxylic acids is 1. The number of unbranched alkanes of at least 4 members (excludes halogenated alkanes) is 7. The predicted octanol–water partition coefficient (Wildman–Crippen LogP) is 6.48. The van der Waals surface area contributed by atoms with Crippen LogP contribution in [0.25, 0.3) is 11.3 Å². The van der Waals surface area contributed by atoms with Crippen LogP contribution in [0, 0.1) is 0 Å². The SMILES string of the molecule is CCCCCCCCc1cc(-c2cnc(CCCCC)cn2)ccc1C(=O)O. The van der Waals surface area contributed by atoms with Gasteiger partial charge in [0.1, 0.15) is 0 Å². The number of aryl methyl sites for hydroxylation is 2. The molecule has 0 unspecified atom stereocenters. The van der Waals surface area contributed by atoms with Gasteiger partial charge in [-0.3, -0.25) is 9.97 Å². The van der Waals surface area contributed by atoms with E-state index in [4.69, 9.17) is 0 Å². The highest BCUT2D eigenvalue weighted by Crippen LogP contribution is 2.23. The van der Waals surface area contributed by atoms with Crippen molar-refractivity contribution >= 4 is 5.97 Å². The summed E-state index contributed by atoms with van der Waals surface area (Å²) in [5, 5.41) is 9.51. The number of carboxylic acids is 1. The third-order valence-corrected chi connectivity index (χ3v) is 5.17. The highest BCUT2D eigenvalue weighted by Gasteiger charge is 2.12. The number of aromatic nitrogens is 2. The molecule has 0 aliphatic carbocycles. The van der Waals surface area contributed by atoms with Crippen LogP contribution in [0.15, 0.2) is 30.6 Å². The zero-order valence-corrected chi connectivity index (χ0v) is 17.4. The molecule has 2 rings (SSSR count). The molecule has 0 saturated heterocycles. The minimum atomic E-state index is -0.857.